The van der Waals surface area contributed by atoms with Crippen LogP contribution in [0.2, 0.25) is 0 Å². The maximum atomic E-state index is 6.00. The Morgan fingerprint density at radius 2 is 1.93 bits per heavy atom. The number of piperidine rings is 1. The molecule has 2 aromatic rings. The van der Waals surface area contributed by atoms with Gasteiger partial charge in [-0.3, -0.25) is 0 Å². The van der Waals surface area contributed by atoms with Gasteiger partial charge < -0.3 is 20.3 Å². The molecule has 0 saturated carbocycles. The van der Waals surface area contributed by atoms with Crippen molar-refractivity contribution in [2.75, 3.05) is 35.2 Å². The minimum Gasteiger partial charge on any atom is -0.376 e. The van der Waals surface area contributed by atoms with Crippen LogP contribution in [0.1, 0.15) is 39.5 Å². The standard InChI is InChI=1S/C21H31N7O/c1-15(2)20-17(5-4-14-29-20)25-18-7-11-22-21(26-18)28-12-8-16(9-13-28)24-19-6-3-10-23-27-19/h3,6-7,10-11,15-17,20H,4-5,8-9,12-14H2,1-2H3,(H,24,27)(H,22,25,26)/t17-,20-/m0/s1. The van der Waals surface area contributed by atoms with E-state index in [1.807, 2.05) is 24.4 Å². The molecule has 4 heterocycles. The van der Waals surface area contributed by atoms with E-state index in [1.54, 1.807) is 6.20 Å². The first kappa shape index (κ1) is 19.8. The topological polar surface area (TPSA) is 88.1 Å². The molecule has 0 amide bonds. The lowest BCUT2D eigenvalue weighted by Gasteiger charge is -2.35. The van der Waals surface area contributed by atoms with E-state index in [4.69, 9.17) is 9.72 Å². The van der Waals surface area contributed by atoms with Crippen LogP contribution >= 0.6 is 0 Å². The normalized spacial score (nSPS) is 23.2. The highest BCUT2D eigenvalue weighted by Gasteiger charge is 2.29. The molecule has 29 heavy (non-hydrogen) atoms. The summed E-state index contributed by atoms with van der Waals surface area (Å²) < 4.78 is 6.00. The predicted octanol–water partition coefficient (Wildman–Crippen LogP) is 2.96. The van der Waals surface area contributed by atoms with Gasteiger partial charge in [0.25, 0.3) is 0 Å². The Bertz CT molecular complexity index is 765. The Kier molecular flexibility index (Phi) is 6.39. The van der Waals surface area contributed by atoms with E-state index in [0.29, 0.717) is 18.0 Å². The van der Waals surface area contributed by atoms with Gasteiger partial charge >= 0.3 is 0 Å². The SMILES string of the molecule is CC(C)[C@@H]1OCCC[C@@H]1Nc1ccnc(N2CCC(Nc3cccnn3)CC2)n1. The third kappa shape index (κ3) is 5.12. The zero-order valence-electron chi connectivity index (χ0n) is 17.3. The van der Waals surface area contributed by atoms with Crippen LogP contribution in [0.5, 0.6) is 0 Å². The molecule has 2 atom stereocenters. The van der Waals surface area contributed by atoms with Crippen molar-refractivity contribution in [2.45, 2.75) is 57.7 Å². The first-order valence-corrected chi connectivity index (χ1v) is 10.7. The lowest BCUT2D eigenvalue weighted by molar-refractivity contribution is -0.0203. The molecular formula is C21H31N7O. The van der Waals surface area contributed by atoms with Gasteiger partial charge in [-0.1, -0.05) is 13.8 Å². The number of aromatic nitrogens is 4. The van der Waals surface area contributed by atoms with Crippen LogP contribution in [0, 0.1) is 5.92 Å². The van der Waals surface area contributed by atoms with Crippen LogP contribution in [0.15, 0.2) is 30.6 Å². The Balaban J connectivity index is 1.34. The van der Waals surface area contributed by atoms with Crippen LogP contribution in [0.4, 0.5) is 17.6 Å². The summed E-state index contributed by atoms with van der Waals surface area (Å²) in [6.45, 7) is 7.13. The summed E-state index contributed by atoms with van der Waals surface area (Å²) in [5.41, 5.74) is 0. The third-order valence-electron chi connectivity index (χ3n) is 5.70. The molecular weight excluding hydrogens is 366 g/mol. The number of hydrogen-bond donors (Lipinski definition) is 2. The van der Waals surface area contributed by atoms with Gasteiger partial charge in [-0.05, 0) is 49.8 Å². The molecule has 156 valence electrons. The summed E-state index contributed by atoms with van der Waals surface area (Å²) in [7, 11) is 0. The smallest absolute Gasteiger partial charge is 0.227 e. The fourth-order valence-electron chi connectivity index (χ4n) is 4.20. The lowest BCUT2D eigenvalue weighted by atomic mass is 9.94. The summed E-state index contributed by atoms with van der Waals surface area (Å²) in [5, 5.41) is 15.1. The van der Waals surface area contributed by atoms with Gasteiger partial charge in [0.15, 0.2) is 0 Å². The largest absolute Gasteiger partial charge is 0.376 e. The van der Waals surface area contributed by atoms with Gasteiger partial charge in [-0.25, -0.2) is 4.98 Å². The minimum absolute atomic E-state index is 0.227. The van der Waals surface area contributed by atoms with Crippen LogP contribution in [-0.2, 0) is 4.74 Å². The van der Waals surface area contributed by atoms with E-state index in [2.05, 4.69) is 44.6 Å². The van der Waals surface area contributed by atoms with Gasteiger partial charge in [0.05, 0.1) is 12.1 Å². The quantitative estimate of drug-likeness (QED) is 0.769. The van der Waals surface area contributed by atoms with E-state index in [9.17, 15) is 0 Å². The molecule has 0 radical (unpaired) electrons. The fourth-order valence-corrected chi connectivity index (χ4v) is 4.20. The van der Waals surface area contributed by atoms with E-state index < -0.39 is 0 Å². The van der Waals surface area contributed by atoms with Gasteiger partial charge in [-0.15, -0.1) is 5.10 Å². The second-order valence-electron chi connectivity index (χ2n) is 8.23. The molecule has 0 aromatic carbocycles. The van der Waals surface area contributed by atoms with Crippen molar-refractivity contribution >= 4 is 17.6 Å². The van der Waals surface area contributed by atoms with E-state index in [1.165, 1.54) is 0 Å². The molecule has 2 saturated heterocycles. The van der Waals surface area contributed by atoms with Crippen LogP contribution < -0.4 is 15.5 Å². The number of nitrogens with one attached hydrogen (secondary N) is 2. The Hall–Kier alpha value is -2.48. The number of rotatable bonds is 6. The second kappa shape index (κ2) is 9.35. The minimum atomic E-state index is 0.227. The number of ether oxygens (including phenoxy) is 1. The molecule has 2 aliphatic heterocycles. The molecule has 0 bridgehead atoms. The highest BCUT2D eigenvalue weighted by molar-refractivity contribution is 5.43. The third-order valence-corrected chi connectivity index (χ3v) is 5.70. The van der Waals surface area contributed by atoms with Crippen molar-refractivity contribution in [1.82, 2.24) is 20.2 Å². The number of anilines is 3. The van der Waals surface area contributed by atoms with Crippen molar-refractivity contribution in [3.05, 3.63) is 30.6 Å². The van der Waals surface area contributed by atoms with Crippen molar-refractivity contribution in [3.63, 3.8) is 0 Å². The van der Waals surface area contributed by atoms with E-state index in [0.717, 1.165) is 63.0 Å². The summed E-state index contributed by atoms with van der Waals surface area (Å²) in [6, 6.07) is 6.51. The molecule has 4 rings (SSSR count). The van der Waals surface area contributed by atoms with Crippen LogP contribution in [-0.4, -0.2) is 58.0 Å². The number of hydrogen-bond acceptors (Lipinski definition) is 8. The first-order chi connectivity index (χ1) is 14.2. The fraction of sp³-hybridized carbons (Fsp3) is 0.619. The Morgan fingerprint density at radius 3 is 2.69 bits per heavy atom. The summed E-state index contributed by atoms with van der Waals surface area (Å²) >= 11 is 0. The Morgan fingerprint density at radius 1 is 1.07 bits per heavy atom. The summed E-state index contributed by atoms with van der Waals surface area (Å²) in [4.78, 5) is 11.6. The second-order valence-corrected chi connectivity index (χ2v) is 8.23. The van der Waals surface area contributed by atoms with Gasteiger partial charge in [0.2, 0.25) is 5.95 Å². The number of nitrogens with zero attached hydrogens (tertiary/aromatic N) is 5. The monoisotopic (exact) mass is 397 g/mol. The predicted molar refractivity (Wildman–Crippen MR) is 114 cm³/mol. The van der Waals surface area contributed by atoms with Gasteiger partial charge in [0.1, 0.15) is 11.6 Å². The molecule has 0 spiro atoms. The van der Waals surface area contributed by atoms with E-state index >= 15 is 0 Å². The van der Waals surface area contributed by atoms with Crippen LogP contribution in [0.25, 0.3) is 0 Å². The molecule has 8 nitrogen and oxygen atoms in total. The average molecular weight is 398 g/mol. The first-order valence-electron chi connectivity index (χ1n) is 10.7. The van der Waals surface area contributed by atoms with Crippen LogP contribution in [0.3, 0.4) is 0 Å². The summed E-state index contributed by atoms with van der Waals surface area (Å²) in [5.74, 6) is 3.00. The van der Waals surface area contributed by atoms with Crippen molar-refractivity contribution in [1.29, 1.82) is 0 Å². The average Bonchev–Trinajstić information content (AvgIpc) is 2.75. The van der Waals surface area contributed by atoms with Crippen molar-refractivity contribution < 1.29 is 4.74 Å². The van der Waals surface area contributed by atoms with Crippen molar-refractivity contribution in [3.8, 4) is 0 Å². The van der Waals surface area contributed by atoms with Crippen molar-refractivity contribution in [2.24, 2.45) is 5.92 Å². The zero-order chi connectivity index (χ0) is 20.1. The molecule has 2 aliphatic rings. The molecule has 0 aliphatic carbocycles. The molecule has 2 N–H and O–H groups in total. The lowest BCUT2D eigenvalue weighted by Crippen LogP contribution is -2.43. The van der Waals surface area contributed by atoms with E-state index in [-0.39, 0.29) is 6.10 Å². The maximum absolute atomic E-state index is 6.00. The summed E-state index contributed by atoms with van der Waals surface area (Å²) in [6.07, 6.45) is 8.00. The van der Waals surface area contributed by atoms with Gasteiger partial charge in [0, 0.05) is 38.1 Å². The molecule has 2 aromatic heterocycles. The highest BCUT2D eigenvalue weighted by atomic mass is 16.5. The molecule has 2 fully saturated rings. The van der Waals surface area contributed by atoms with Gasteiger partial charge in [-0.2, -0.15) is 10.1 Å². The molecule has 8 heteroatoms. The maximum Gasteiger partial charge on any atom is 0.227 e. The highest BCUT2D eigenvalue weighted by Crippen LogP contribution is 2.25. The molecule has 0 unspecified atom stereocenters. The zero-order valence-corrected chi connectivity index (χ0v) is 17.3. The Labute approximate surface area is 172 Å².